The standard InChI is InChI=1S/C29H27N3O4S/c1-19-8-14-23(15-9-19)37(34,35)24(18-30)17-25-27(31-26-20(2)7-6-16-32(26)28(25)33)36-22-12-10-21(11-13-22)29(3,4)5/h6-17H,1-5H3/b24-17+. The van der Waals surface area contributed by atoms with Gasteiger partial charge in [0, 0.05) is 6.20 Å². The number of nitrogens with zero attached hydrogens (tertiary/aromatic N) is 3. The Kier molecular flexibility index (Phi) is 6.76. The highest BCUT2D eigenvalue weighted by Crippen LogP contribution is 2.29. The summed E-state index contributed by atoms with van der Waals surface area (Å²) in [5.74, 6) is 0.335. The Morgan fingerprint density at radius 3 is 2.27 bits per heavy atom. The lowest BCUT2D eigenvalue weighted by Crippen LogP contribution is -2.20. The first-order chi connectivity index (χ1) is 17.4. The van der Waals surface area contributed by atoms with Crippen LogP contribution in [0.4, 0.5) is 0 Å². The molecule has 0 aliphatic carbocycles. The summed E-state index contributed by atoms with van der Waals surface area (Å²) in [6, 6.07) is 18.8. The average Bonchev–Trinajstić information content (AvgIpc) is 2.84. The molecular formula is C29H27N3O4S. The third-order valence-electron chi connectivity index (χ3n) is 5.99. The first-order valence-electron chi connectivity index (χ1n) is 11.7. The molecule has 0 saturated carbocycles. The Balaban J connectivity index is 1.91. The minimum Gasteiger partial charge on any atom is -0.438 e. The predicted molar refractivity (Wildman–Crippen MR) is 143 cm³/mol. The molecule has 4 aromatic rings. The number of benzene rings is 2. The lowest BCUT2D eigenvalue weighted by molar-refractivity contribution is 0.460. The first kappa shape index (κ1) is 25.9. The summed E-state index contributed by atoms with van der Waals surface area (Å²) in [4.78, 5) is 17.4. The number of fused-ring (bicyclic) bond motifs is 1. The maximum absolute atomic E-state index is 13.5. The molecule has 4 rings (SSSR count). The van der Waals surface area contributed by atoms with E-state index in [9.17, 15) is 18.5 Å². The SMILES string of the molecule is Cc1ccc(S(=O)(=O)/C(C#N)=C/c2c(Oc3ccc(C(C)(C)C)cc3)nc3c(C)cccn3c2=O)cc1. The third-order valence-corrected chi connectivity index (χ3v) is 7.67. The minimum atomic E-state index is -4.19. The Bertz CT molecular complexity index is 1720. The molecule has 8 heteroatoms. The molecule has 0 atom stereocenters. The van der Waals surface area contributed by atoms with E-state index in [4.69, 9.17) is 4.74 Å². The van der Waals surface area contributed by atoms with Crippen molar-refractivity contribution in [3.8, 4) is 17.7 Å². The molecule has 0 N–H and O–H groups in total. The van der Waals surface area contributed by atoms with Gasteiger partial charge in [0.1, 0.15) is 27.9 Å². The van der Waals surface area contributed by atoms with Gasteiger partial charge >= 0.3 is 0 Å². The summed E-state index contributed by atoms with van der Waals surface area (Å²) in [6.07, 6.45) is 2.58. The van der Waals surface area contributed by atoms with Gasteiger partial charge in [-0.2, -0.15) is 10.2 Å². The van der Waals surface area contributed by atoms with E-state index in [1.165, 1.54) is 22.7 Å². The van der Waals surface area contributed by atoms with Gasteiger partial charge in [-0.15, -0.1) is 0 Å². The summed E-state index contributed by atoms with van der Waals surface area (Å²) in [6.45, 7) is 9.93. The Hall–Kier alpha value is -4.22. The topological polar surface area (TPSA) is 102 Å². The number of ether oxygens (including phenoxy) is 1. The van der Waals surface area contributed by atoms with E-state index in [0.717, 1.165) is 22.8 Å². The lowest BCUT2D eigenvalue weighted by Gasteiger charge is -2.19. The van der Waals surface area contributed by atoms with Gasteiger partial charge in [-0.25, -0.2) is 8.42 Å². The fraction of sp³-hybridized carbons (Fsp3) is 0.207. The summed E-state index contributed by atoms with van der Waals surface area (Å²) < 4.78 is 33.8. The number of sulfone groups is 1. The van der Waals surface area contributed by atoms with Gasteiger partial charge in [0.15, 0.2) is 0 Å². The zero-order chi connectivity index (χ0) is 27.0. The van der Waals surface area contributed by atoms with E-state index in [1.54, 1.807) is 36.4 Å². The molecule has 37 heavy (non-hydrogen) atoms. The van der Waals surface area contributed by atoms with E-state index in [-0.39, 0.29) is 21.8 Å². The van der Waals surface area contributed by atoms with Crippen molar-refractivity contribution in [2.45, 2.75) is 44.9 Å². The van der Waals surface area contributed by atoms with E-state index in [2.05, 4.69) is 25.8 Å². The van der Waals surface area contributed by atoms with Crippen LogP contribution >= 0.6 is 0 Å². The van der Waals surface area contributed by atoms with Gasteiger partial charge < -0.3 is 4.74 Å². The van der Waals surface area contributed by atoms with E-state index >= 15 is 0 Å². The summed E-state index contributed by atoms with van der Waals surface area (Å²) in [7, 11) is -4.19. The quantitative estimate of drug-likeness (QED) is 0.315. The maximum atomic E-state index is 13.5. The van der Waals surface area contributed by atoms with E-state index < -0.39 is 20.3 Å². The Morgan fingerprint density at radius 2 is 1.68 bits per heavy atom. The summed E-state index contributed by atoms with van der Waals surface area (Å²) in [5.41, 5.74) is 2.31. The molecule has 2 aromatic carbocycles. The molecule has 0 spiro atoms. The van der Waals surface area contributed by atoms with Crippen LogP contribution in [0.3, 0.4) is 0 Å². The number of hydrogen-bond acceptors (Lipinski definition) is 6. The fourth-order valence-electron chi connectivity index (χ4n) is 3.77. The molecular weight excluding hydrogens is 486 g/mol. The van der Waals surface area contributed by atoms with Crippen LogP contribution in [0.15, 0.2) is 81.5 Å². The van der Waals surface area contributed by atoms with Crippen LogP contribution in [0.1, 0.15) is 43.0 Å². The van der Waals surface area contributed by atoms with Crippen LogP contribution in [0.25, 0.3) is 11.7 Å². The zero-order valence-electron chi connectivity index (χ0n) is 21.3. The molecule has 0 aliphatic rings. The van der Waals surface area contributed by atoms with Gasteiger partial charge in [0.2, 0.25) is 15.7 Å². The number of aromatic nitrogens is 2. The van der Waals surface area contributed by atoms with E-state index in [0.29, 0.717) is 11.4 Å². The average molecular weight is 514 g/mol. The summed E-state index contributed by atoms with van der Waals surface area (Å²) in [5, 5.41) is 9.81. The van der Waals surface area contributed by atoms with Gasteiger partial charge in [0.05, 0.1) is 4.90 Å². The van der Waals surface area contributed by atoms with Crippen LogP contribution in [-0.2, 0) is 15.3 Å². The number of pyridine rings is 1. The Labute approximate surface area is 216 Å². The number of hydrogen-bond donors (Lipinski definition) is 0. The molecule has 0 saturated heterocycles. The third kappa shape index (κ3) is 5.18. The molecule has 0 aliphatic heterocycles. The molecule has 0 radical (unpaired) electrons. The van der Waals surface area contributed by atoms with Crippen LogP contribution in [0.2, 0.25) is 0 Å². The Morgan fingerprint density at radius 1 is 1.03 bits per heavy atom. The summed E-state index contributed by atoms with van der Waals surface area (Å²) >= 11 is 0. The van der Waals surface area contributed by atoms with Gasteiger partial charge in [-0.1, -0.05) is 56.7 Å². The molecule has 0 unspecified atom stereocenters. The van der Waals surface area contributed by atoms with Crippen molar-refractivity contribution in [3.63, 3.8) is 0 Å². The molecule has 2 aromatic heterocycles. The van der Waals surface area contributed by atoms with Crippen molar-refractivity contribution < 1.29 is 13.2 Å². The molecule has 0 bridgehead atoms. The van der Waals surface area contributed by atoms with Gasteiger partial charge in [0.25, 0.3) is 5.56 Å². The highest BCUT2D eigenvalue weighted by Gasteiger charge is 2.24. The van der Waals surface area contributed by atoms with Crippen LogP contribution < -0.4 is 10.3 Å². The maximum Gasteiger partial charge on any atom is 0.269 e. The van der Waals surface area contributed by atoms with Crippen LogP contribution in [0, 0.1) is 25.2 Å². The minimum absolute atomic E-state index is 0.0455. The predicted octanol–water partition coefficient (Wildman–Crippen LogP) is 5.74. The van der Waals surface area contributed by atoms with Crippen molar-refractivity contribution in [2.75, 3.05) is 0 Å². The van der Waals surface area contributed by atoms with Gasteiger partial charge in [-0.05, 0) is 66.8 Å². The first-order valence-corrected chi connectivity index (χ1v) is 13.1. The zero-order valence-corrected chi connectivity index (χ0v) is 22.1. The molecule has 0 fully saturated rings. The van der Waals surface area contributed by atoms with Crippen molar-refractivity contribution in [2.24, 2.45) is 0 Å². The van der Waals surface area contributed by atoms with Crippen molar-refractivity contribution in [1.82, 2.24) is 9.38 Å². The smallest absolute Gasteiger partial charge is 0.269 e. The number of rotatable bonds is 5. The van der Waals surface area contributed by atoms with Crippen LogP contribution in [0.5, 0.6) is 11.6 Å². The monoisotopic (exact) mass is 513 g/mol. The van der Waals surface area contributed by atoms with Gasteiger partial charge in [-0.3, -0.25) is 9.20 Å². The van der Waals surface area contributed by atoms with Crippen molar-refractivity contribution in [3.05, 3.63) is 104 Å². The number of aryl methyl sites for hydroxylation is 2. The highest BCUT2D eigenvalue weighted by atomic mass is 32.2. The highest BCUT2D eigenvalue weighted by molar-refractivity contribution is 7.95. The second-order valence-corrected chi connectivity index (χ2v) is 11.8. The van der Waals surface area contributed by atoms with Crippen LogP contribution in [-0.4, -0.2) is 17.8 Å². The number of nitriles is 1. The van der Waals surface area contributed by atoms with Crippen molar-refractivity contribution >= 4 is 21.6 Å². The second-order valence-electron chi connectivity index (χ2n) is 9.83. The molecule has 7 nitrogen and oxygen atoms in total. The molecule has 188 valence electrons. The largest absolute Gasteiger partial charge is 0.438 e. The normalized spacial score (nSPS) is 12.4. The lowest BCUT2D eigenvalue weighted by atomic mass is 9.87. The second kappa shape index (κ2) is 9.68. The van der Waals surface area contributed by atoms with E-state index in [1.807, 2.05) is 32.0 Å². The molecule has 2 heterocycles. The van der Waals surface area contributed by atoms with Crippen molar-refractivity contribution in [1.29, 1.82) is 5.26 Å². The fourth-order valence-corrected chi connectivity index (χ4v) is 4.91. The molecule has 0 amide bonds. The number of allylic oxidation sites excluding steroid dienone is 1.